The molecule has 0 aliphatic carbocycles. The summed E-state index contributed by atoms with van der Waals surface area (Å²) in [4.78, 5) is 12.7. The molecular formula is C26H28N2O3S. The maximum atomic E-state index is 12.7. The Labute approximate surface area is 194 Å². The highest BCUT2D eigenvalue weighted by Crippen LogP contribution is 2.24. The van der Waals surface area contributed by atoms with Crippen molar-refractivity contribution >= 4 is 28.9 Å². The summed E-state index contributed by atoms with van der Waals surface area (Å²) in [6.45, 7) is 5.29. The SMILES string of the molecule is CC(C)COc1ccccc1NC(=S)NC(=O)c1cccc(OCCc2ccccc2)c1. The number of carbonyl (C=O) groups excluding carboxylic acids is 1. The van der Waals surface area contributed by atoms with Crippen LogP contribution in [0.4, 0.5) is 5.69 Å². The smallest absolute Gasteiger partial charge is 0.257 e. The third-order valence-corrected chi connectivity index (χ3v) is 4.74. The van der Waals surface area contributed by atoms with Crippen LogP contribution in [0.25, 0.3) is 0 Å². The van der Waals surface area contributed by atoms with Crippen LogP contribution in [-0.4, -0.2) is 24.2 Å². The van der Waals surface area contributed by atoms with E-state index in [2.05, 4.69) is 36.6 Å². The summed E-state index contributed by atoms with van der Waals surface area (Å²) in [5.41, 5.74) is 2.38. The van der Waals surface area contributed by atoms with Gasteiger partial charge in [0, 0.05) is 12.0 Å². The van der Waals surface area contributed by atoms with Crippen LogP contribution in [0.15, 0.2) is 78.9 Å². The van der Waals surface area contributed by atoms with Crippen LogP contribution in [0, 0.1) is 5.92 Å². The monoisotopic (exact) mass is 448 g/mol. The van der Waals surface area contributed by atoms with E-state index in [1.165, 1.54) is 5.56 Å². The number of hydrogen-bond acceptors (Lipinski definition) is 4. The van der Waals surface area contributed by atoms with Gasteiger partial charge in [-0.05, 0) is 54.0 Å². The average molecular weight is 449 g/mol. The first-order valence-electron chi connectivity index (χ1n) is 10.6. The van der Waals surface area contributed by atoms with Crippen LogP contribution in [0.1, 0.15) is 29.8 Å². The quantitative estimate of drug-likeness (QED) is 0.425. The molecule has 0 aliphatic rings. The van der Waals surface area contributed by atoms with Gasteiger partial charge in [0.15, 0.2) is 5.11 Å². The first kappa shape index (κ1) is 23.3. The maximum Gasteiger partial charge on any atom is 0.257 e. The minimum atomic E-state index is -0.309. The van der Waals surface area contributed by atoms with Crippen molar-refractivity contribution in [1.29, 1.82) is 0 Å². The fourth-order valence-electron chi connectivity index (χ4n) is 2.94. The van der Waals surface area contributed by atoms with E-state index >= 15 is 0 Å². The summed E-state index contributed by atoms with van der Waals surface area (Å²) in [5, 5.41) is 5.96. The molecule has 6 heteroatoms. The predicted molar refractivity (Wildman–Crippen MR) is 133 cm³/mol. The van der Waals surface area contributed by atoms with Gasteiger partial charge in [-0.3, -0.25) is 10.1 Å². The number of nitrogens with one attached hydrogen (secondary N) is 2. The van der Waals surface area contributed by atoms with Gasteiger partial charge in [0.05, 0.1) is 18.9 Å². The summed E-state index contributed by atoms with van der Waals surface area (Å²) in [7, 11) is 0. The van der Waals surface area contributed by atoms with E-state index < -0.39 is 0 Å². The highest BCUT2D eigenvalue weighted by molar-refractivity contribution is 7.80. The molecule has 0 saturated carbocycles. The molecule has 0 atom stereocenters. The van der Waals surface area contributed by atoms with E-state index in [9.17, 15) is 4.79 Å². The zero-order valence-electron chi connectivity index (χ0n) is 18.3. The second kappa shape index (κ2) is 11.9. The standard InChI is InChI=1S/C26H28N2O3S/c1-19(2)18-31-24-14-7-6-13-23(24)27-26(32)28-25(29)21-11-8-12-22(17-21)30-16-15-20-9-4-3-5-10-20/h3-14,17,19H,15-16,18H2,1-2H3,(H2,27,28,29,32). The Morgan fingerprint density at radius 3 is 2.47 bits per heavy atom. The molecule has 1 amide bonds. The lowest BCUT2D eigenvalue weighted by Crippen LogP contribution is -2.34. The van der Waals surface area contributed by atoms with Gasteiger partial charge in [-0.25, -0.2) is 0 Å². The Kier molecular flexibility index (Phi) is 8.63. The Bertz CT molecular complexity index is 1040. The summed E-state index contributed by atoms with van der Waals surface area (Å²) < 4.78 is 11.6. The van der Waals surface area contributed by atoms with Gasteiger partial charge in [0.2, 0.25) is 0 Å². The predicted octanol–water partition coefficient (Wildman–Crippen LogP) is 5.47. The molecule has 3 aromatic carbocycles. The molecule has 0 saturated heterocycles. The summed E-state index contributed by atoms with van der Waals surface area (Å²) in [5.74, 6) is 1.42. The van der Waals surface area contributed by atoms with Gasteiger partial charge < -0.3 is 14.8 Å². The number of rotatable bonds is 9. The lowest BCUT2D eigenvalue weighted by atomic mass is 10.2. The van der Waals surface area contributed by atoms with Crippen LogP contribution < -0.4 is 20.1 Å². The van der Waals surface area contributed by atoms with E-state index in [0.29, 0.717) is 41.9 Å². The molecule has 0 heterocycles. The summed E-state index contributed by atoms with van der Waals surface area (Å²) in [6.07, 6.45) is 0.795. The number of benzene rings is 3. The van der Waals surface area contributed by atoms with Gasteiger partial charge >= 0.3 is 0 Å². The number of amides is 1. The molecule has 0 radical (unpaired) electrons. The molecule has 32 heavy (non-hydrogen) atoms. The Morgan fingerprint density at radius 2 is 1.69 bits per heavy atom. The van der Waals surface area contributed by atoms with Crippen LogP contribution in [0.5, 0.6) is 11.5 Å². The van der Waals surface area contributed by atoms with Gasteiger partial charge in [0.1, 0.15) is 11.5 Å². The number of anilines is 1. The molecule has 166 valence electrons. The Balaban J connectivity index is 1.54. The molecule has 3 rings (SSSR count). The highest BCUT2D eigenvalue weighted by atomic mass is 32.1. The second-order valence-electron chi connectivity index (χ2n) is 7.72. The van der Waals surface area contributed by atoms with Crippen molar-refractivity contribution < 1.29 is 14.3 Å². The van der Waals surface area contributed by atoms with Crippen molar-refractivity contribution in [3.8, 4) is 11.5 Å². The van der Waals surface area contributed by atoms with Crippen LogP contribution in [0.3, 0.4) is 0 Å². The third kappa shape index (κ3) is 7.39. The van der Waals surface area contributed by atoms with Gasteiger partial charge in [0.25, 0.3) is 5.91 Å². The number of ether oxygens (including phenoxy) is 2. The molecule has 5 nitrogen and oxygen atoms in total. The van der Waals surface area contributed by atoms with Gasteiger partial charge in [-0.15, -0.1) is 0 Å². The second-order valence-corrected chi connectivity index (χ2v) is 8.13. The molecular weight excluding hydrogens is 420 g/mol. The fourth-order valence-corrected chi connectivity index (χ4v) is 3.14. The van der Waals surface area contributed by atoms with Crippen molar-refractivity contribution in [1.82, 2.24) is 5.32 Å². The molecule has 0 aliphatic heterocycles. The molecule has 0 fully saturated rings. The van der Waals surface area contributed by atoms with Crippen LogP contribution in [0.2, 0.25) is 0 Å². The molecule has 0 aromatic heterocycles. The molecule has 0 bridgehead atoms. The molecule has 0 spiro atoms. The lowest BCUT2D eigenvalue weighted by molar-refractivity contribution is 0.0977. The normalized spacial score (nSPS) is 10.5. The van der Waals surface area contributed by atoms with E-state index in [4.69, 9.17) is 21.7 Å². The van der Waals surface area contributed by atoms with Crippen molar-refractivity contribution in [3.05, 3.63) is 90.0 Å². The lowest BCUT2D eigenvalue weighted by Gasteiger charge is -2.15. The van der Waals surface area contributed by atoms with Crippen molar-refractivity contribution in [2.45, 2.75) is 20.3 Å². The third-order valence-electron chi connectivity index (χ3n) is 4.53. The molecule has 2 N–H and O–H groups in total. The molecule has 3 aromatic rings. The van der Waals surface area contributed by atoms with Crippen molar-refractivity contribution in [2.24, 2.45) is 5.92 Å². The highest BCUT2D eigenvalue weighted by Gasteiger charge is 2.11. The van der Waals surface area contributed by atoms with E-state index in [-0.39, 0.29) is 11.0 Å². The van der Waals surface area contributed by atoms with Crippen LogP contribution in [-0.2, 0) is 6.42 Å². The largest absolute Gasteiger partial charge is 0.493 e. The van der Waals surface area contributed by atoms with Gasteiger partial charge in [-0.2, -0.15) is 0 Å². The summed E-state index contributed by atoms with van der Waals surface area (Å²) >= 11 is 5.33. The Hall–Kier alpha value is -3.38. The minimum absolute atomic E-state index is 0.200. The summed E-state index contributed by atoms with van der Waals surface area (Å²) in [6, 6.07) is 24.7. The zero-order chi connectivity index (χ0) is 22.8. The van der Waals surface area contributed by atoms with Gasteiger partial charge in [-0.1, -0.05) is 62.4 Å². The van der Waals surface area contributed by atoms with Crippen LogP contribution >= 0.6 is 12.2 Å². The average Bonchev–Trinajstić information content (AvgIpc) is 2.79. The van der Waals surface area contributed by atoms with E-state index in [1.54, 1.807) is 18.2 Å². The fraction of sp³-hybridized carbons (Fsp3) is 0.231. The van der Waals surface area contributed by atoms with Crippen molar-refractivity contribution in [2.75, 3.05) is 18.5 Å². The number of para-hydroxylation sites is 2. The van der Waals surface area contributed by atoms with Crippen molar-refractivity contribution in [3.63, 3.8) is 0 Å². The molecule has 0 unspecified atom stereocenters. The first-order chi connectivity index (χ1) is 15.5. The number of hydrogen-bond donors (Lipinski definition) is 2. The first-order valence-corrected chi connectivity index (χ1v) is 11.0. The number of carbonyl (C=O) groups is 1. The zero-order valence-corrected chi connectivity index (χ0v) is 19.2. The van der Waals surface area contributed by atoms with E-state index in [1.807, 2.05) is 48.5 Å². The topological polar surface area (TPSA) is 59.6 Å². The maximum absolute atomic E-state index is 12.7. The number of thiocarbonyl (C=S) groups is 1. The Morgan fingerprint density at radius 1 is 0.938 bits per heavy atom. The van der Waals surface area contributed by atoms with E-state index in [0.717, 1.165) is 6.42 Å². The minimum Gasteiger partial charge on any atom is -0.493 e.